The minimum atomic E-state index is 0.144. The molecule has 5 rings (SSSR count). The van der Waals surface area contributed by atoms with E-state index in [1.165, 1.54) is 16.7 Å². The summed E-state index contributed by atoms with van der Waals surface area (Å²) in [6.07, 6.45) is 6.89. The standard InChI is InChI=1S/C28H35N3O2/c1-18(28-19(2)30-31-20(28)3)29-23-10-12-24(13-11-23)32-25-14-16-27-22(17-25)9-15-26(33-27)21-7-5-4-6-8-21/h4-8,14,16-18,23-24,26,29H,9-13,15H2,1-3H3,(H,30,31)/t18?,23-,24-,26?. The Morgan fingerprint density at radius 1 is 1.03 bits per heavy atom. The average molecular weight is 446 g/mol. The summed E-state index contributed by atoms with van der Waals surface area (Å²) in [5.41, 5.74) is 6.07. The normalized spacial score (nSPS) is 23.4. The van der Waals surface area contributed by atoms with Gasteiger partial charge in [0.2, 0.25) is 0 Å². The molecule has 1 saturated carbocycles. The van der Waals surface area contributed by atoms with Crippen LogP contribution in [-0.2, 0) is 6.42 Å². The van der Waals surface area contributed by atoms with Crippen LogP contribution in [0.3, 0.4) is 0 Å². The Kier molecular flexibility index (Phi) is 6.41. The number of aryl methyl sites for hydroxylation is 3. The predicted octanol–water partition coefficient (Wildman–Crippen LogP) is 6.13. The summed E-state index contributed by atoms with van der Waals surface area (Å²) in [5, 5.41) is 11.3. The van der Waals surface area contributed by atoms with Gasteiger partial charge in [-0.2, -0.15) is 5.10 Å². The van der Waals surface area contributed by atoms with Crippen LogP contribution in [0.25, 0.3) is 0 Å². The maximum absolute atomic E-state index is 6.40. The van der Waals surface area contributed by atoms with E-state index in [2.05, 4.69) is 84.8 Å². The highest BCUT2D eigenvalue weighted by atomic mass is 16.5. The number of aromatic nitrogens is 2. The number of H-pyrrole nitrogens is 1. The molecule has 2 heterocycles. The highest BCUT2D eigenvalue weighted by Crippen LogP contribution is 2.37. The van der Waals surface area contributed by atoms with E-state index in [0.29, 0.717) is 12.1 Å². The summed E-state index contributed by atoms with van der Waals surface area (Å²) in [6, 6.07) is 17.7. The van der Waals surface area contributed by atoms with Crippen LogP contribution in [0.4, 0.5) is 0 Å². The van der Waals surface area contributed by atoms with E-state index in [0.717, 1.165) is 61.4 Å². The van der Waals surface area contributed by atoms with Gasteiger partial charge in [0.25, 0.3) is 0 Å². The van der Waals surface area contributed by atoms with Crippen LogP contribution in [0.5, 0.6) is 11.5 Å². The quantitative estimate of drug-likeness (QED) is 0.479. The Morgan fingerprint density at radius 3 is 2.55 bits per heavy atom. The molecule has 1 aromatic heterocycles. The first kappa shape index (κ1) is 22.0. The molecule has 2 aromatic carbocycles. The Balaban J connectivity index is 1.13. The van der Waals surface area contributed by atoms with Crippen molar-refractivity contribution >= 4 is 0 Å². The Labute approximate surface area is 196 Å². The fraction of sp³-hybridized carbons (Fsp3) is 0.464. The third-order valence-corrected chi connectivity index (χ3v) is 7.23. The number of hydrogen-bond donors (Lipinski definition) is 2. The van der Waals surface area contributed by atoms with Crippen LogP contribution in [0, 0.1) is 13.8 Å². The van der Waals surface area contributed by atoms with Crippen molar-refractivity contribution in [3.63, 3.8) is 0 Å². The summed E-state index contributed by atoms with van der Waals surface area (Å²) in [5.74, 6) is 1.97. The Bertz CT molecular complexity index is 1050. The Morgan fingerprint density at radius 2 is 1.82 bits per heavy atom. The lowest BCUT2D eigenvalue weighted by Crippen LogP contribution is -2.37. The number of nitrogens with one attached hydrogen (secondary N) is 2. The second-order valence-electron chi connectivity index (χ2n) is 9.65. The molecular formula is C28H35N3O2. The van der Waals surface area contributed by atoms with Crippen LogP contribution in [0.15, 0.2) is 48.5 Å². The lowest BCUT2D eigenvalue weighted by Gasteiger charge is -2.32. The molecule has 5 heteroatoms. The van der Waals surface area contributed by atoms with E-state index in [9.17, 15) is 0 Å². The van der Waals surface area contributed by atoms with E-state index in [-0.39, 0.29) is 12.2 Å². The minimum absolute atomic E-state index is 0.144. The molecule has 174 valence electrons. The zero-order valence-electron chi connectivity index (χ0n) is 19.9. The van der Waals surface area contributed by atoms with Crippen molar-refractivity contribution in [2.24, 2.45) is 0 Å². The highest BCUT2D eigenvalue weighted by Gasteiger charge is 2.26. The van der Waals surface area contributed by atoms with E-state index in [1.54, 1.807) is 0 Å². The lowest BCUT2D eigenvalue weighted by molar-refractivity contribution is 0.135. The molecule has 0 spiro atoms. The van der Waals surface area contributed by atoms with Gasteiger partial charge < -0.3 is 14.8 Å². The van der Waals surface area contributed by atoms with Crippen LogP contribution < -0.4 is 14.8 Å². The van der Waals surface area contributed by atoms with Gasteiger partial charge in [-0.05, 0) is 88.6 Å². The summed E-state index contributed by atoms with van der Waals surface area (Å²) >= 11 is 0. The SMILES string of the molecule is Cc1n[nH]c(C)c1C(C)N[C@H]1CC[C@H](Oc2ccc3c(c2)CCC(c2ccccc2)O3)CC1. The molecule has 33 heavy (non-hydrogen) atoms. The molecule has 1 aliphatic heterocycles. The molecule has 0 amide bonds. The number of aromatic amines is 1. The van der Waals surface area contributed by atoms with Crippen molar-refractivity contribution in [3.8, 4) is 11.5 Å². The minimum Gasteiger partial charge on any atom is -0.490 e. The van der Waals surface area contributed by atoms with E-state index < -0.39 is 0 Å². The third-order valence-electron chi connectivity index (χ3n) is 7.23. The van der Waals surface area contributed by atoms with Crippen molar-refractivity contribution in [2.75, 3.05) is 0 Å². The van der Waals surface area contributed by atoms with Gasteiger partial charge in [0.1, 0.15) is 17.6 Å². The molecule has 3 aromatic rings. The molecule has 2 atom stereocenters. The molecule has 5 nitrogen and oxygen atoms in total. The molecule has 0 saturated heterocycles. The number of fused-ring (bicyclic) bond motifs is 1. The van der Waals surface area contributed by atoms with Crippen molar-refractivity contribution in [3.05, 3.63) is 76.6 Å². The van der Waals surface area contributed by atoms with Gasteiger partial charge in [-0.25, -0.2) is 0 Å². The lowest BCUT2D eigenvalue weighted by atomic mass is 9.91. The number of hydrogen-bond acceptors (Lipinski definition) is 4. The first-order valence-corrected chi connectivity index (χ1v) is 12.4. The zero-order valence-corrected chi connectivity index (χ0v) is 19.9. The van der Waals surface area contributed by atoms with Gasteiger partial charge in [-0.15, -0.1) is 0 Å². The number of ether oxygens (including phenoxy) is 2. The summed E-state index contributed by atoms with van der Waals surface area (Å²) < 4.78 is 12.7. The monoisotopic (exact) mass is 445 g/mol. The molecular weight excluding hydrogens is 410 g/mol. The topological polar surface area (TPSA) is 59.2 Å². The predicted molar refractivity (Wildman–Crippen MR) is 131 cm³/mol. The van der Waals surface area contributed by atoms with Crippen LogP contribution in [0.1, 0.15) is 79.3 Å². The van der Waals surface area contributed by atoms with Crippen LogP contribution >= 0.6 is 0 Å². The Hall–Kier alpha value is -2.79. The summed E-state index contributed by atoms with van der Waals surface area (Å²) in [4.78, 5) is 0. The average Bonchev–Trinajstić information content (AvgIpc) is 3.18. The van der Waals surface area contributed by atoms with Gasteiger partial charge in [-0.3, -0.25) is 5.10 Å². The van der Waals surface area contributed by atoms with Gasteiger partial charge in [0.05, 0.1) is 11.8 Å². The number of nitrogens with zero attached hydrogens (tertiary/aromatic N) is 1. The van der Waals surface area contributed by atoms with E-state index >= 15 is 0 Å². The van der Waals surface area contributed by atoms with Gasteiger partial charge in [-0.1, -0.05) is 30.3 Å². The van der Waals surface area contributed by atoms with Crippen LogP contribution in [-0.4, -0.2) is 22.3 Å². The summed E-state index contributed by atoms with van der Waals surface area (Å²) in [6.45, 7) is 6.42. The smallest absolute Gasteiger partial charge is 0.124 e. The number of benzene rings is 2. The second-order valence-corrected chi connectivity index (χ2v) is 9.65. The maximum atomic E-state index is 6.40. The first-order valence-electron chi connectivity index (χ1n) is 12.4. The van der Waals surface area contributed by atoms with Crippen molar-refractivity contribution in [1.29, 1.82) is 0 Å². The van der Waals surface area contributed by atoms with Crippen molar-refractivity contribution < 1.29 is 9.47 Å². The molecule has 2 N–H and O–H groups in total. The van der Waals surface area contributed by atoms with Gasteiger partial charge >= 0.3 is 0 Å². The zero-order chi connectivity index (χ0) is 22.8. The first-order chi connectivity index (χ1) is 16.1. The molecule has 2 unspecified atom stereocenters. The molecule has 0 bridgehead atoms. The fourth-order valence-corrected chi connectivity index (χ4v) is 5.51. The molecule has 1 fully saturated rings. The maximum Gasteiger partial charge on any atom is 0.124 e. The molecule has 2 aliphatic rings. The number of rotatable bonds is 6. The summed E-state index contributed by atoms with van der Waals surface area (Å²) in [7, 11) is 0. The molecule has 0 radical (unpaired) electrons. The second kappa shape index (κ2) is 9.60. The largest absolute Gasteiger partial charge is 0.490 e. The van der Waals surface area contributed by atoms with Crippen molar-refractivity contribution in [1.82, 2.24) is 15.5 Å². The van der Waals surface area contributed by atoms with Gasteiger partial charge in [0.15, 0.2) is 0 Å². The van der Waals surface area contributed by atoms with Gasteiger partial charge in [0, 0.05) is 23.3 Å². The van der Waals surface area contributed by atoms with E-state index in [1.807, 2.05) is 0 Å². The van der Waals surface area contributed by atoms with E-state index in [4.69, 9.17) is 9.47 Å². The fourth-order valence-electron chi connectivity index (χ4n) is 5.51. The van der Waals surface area contributed by atoms with Crippen LogP contribution in [0.2, 0.25) is 0 Å². The third kappa shape index (κ3) is 4.93. The van der Waals surface area contributed by atoms with Crippen molar-refractivity contribution in [2.45, 2.75) is 83.6 Å². The molecule has 1 aliphatic carbocycles. The highest BCUT2D eigenvalue weighted by molar-refractivity contribution is 5.42.